The minimum absolute atomic E-state index is 0.586. The Morgan fingerprint density at radius 3 is 3.20 bits per heavy atom. The van der Waals surface area contributed by atoms with Gasteiger partial charge in [0.05, 0.1) is 6.20 Å². The standard InChI is InChI=1S/C14H15N6/c1-2-4-10(3-1)11-9-13(19-18-11)16-12-6-8-20-14(17-12)5-7-15-20/h1,5-10H,2-4H2,(H2,16,17,18,19)/t10-/m0/s1. The van der Waals surface area contributed by atoms with Gasteiger partial charge in [-0.1, -0.05) is 0 Å². The fraction of sp³-hybridized carbons (Fsp3) is 0.286. The monoisotopic (exact) mass is 267 g/mol. The predicted molar refractivity (Wildman–Crippen MR) is 75.7 cm³/mol. The lowest BCUT2D eigenvalue weighted by atomic mass is 10.0. The van der Waals surface area contributed by atoms with E-state index in [-0.39, 0.29) is 0 Å². The van der Waals surface area contributed by atoms with Crippen molar-refractivity contribution in [3.8, 4) is 0 Å². The van der Waals surface area contributed by atoms with Crippen LogP contribution in [0.3, 0.4) is 0 Å². The average Bonchev–Trinajstić information content (AvgIpc) is 3.19. The van der Waals surface area contributed by atoms with Gasteiger partial charge in [0.1, 0.15) is 5.82 Å². The molecule has 0 saturated heterocycles. The van der Waals surface area contributed by atoms with Gasteiger partial charge in [0.25, 0.3) is 0 Å². The molecule has 1 aliphatic rings. The number of anilines is 2. The van der Waals surface area contributed by atoms with Gasteiger partial charge in [0.2, 0.25) is 0 Å². The minimum atomic E-state index is 0.586. The zero-order valence-corrected chi connectivity index (χ0v) is 11.0. The van der Waals surface area contributed by atoms with Gasteiger partial charge < -0.3 is 5.32 Å². The third-order valence-corrected chi connectivity index (χ3v) is 3.72. The van der Waals surface area contributed by atoms with Crippen molar-refractivity contribution in [2.24, 2.45) is 0 Å². The molecule has 3 aromatic rings. The third-order valence-electron chi connectivity index (χ3n) is 3.72. The summed E-state index contributed by atoms with van der Waals surface area (Å²) in [5.74, 6) is 2.17. The lowest BCUT2D eigenvalue weighted by Crippen LogP contribution is -1.96. The van der Waals surface area contributed by atoms with Crippen LogP contribution in [0.25, 0.3) is 5.65 Å². The van der Waals surface area contributed by atoms with Crippen LogP contribution in [0.2, 0.25) is 0 Å². The second kappa shape index (κ2) is 4.63. The maximum Gasteiger partial charge on any atom is 0.157 e. The Hall–Kier alpha value is -2.37. The Kier molecular flexibility index (Phi) is 2.65. The number of aromatic amines is 1. The lowest BCUT2D eigenvalue weighted by molar-refractivity contribution is 0.699. The molecule has 2 N–H and O–H groups in total. The van der Waals surface area contributed by atoms with Crippen LogP contribution in [0.5, 0.6) is 0 Å². The van der Waals surface area contributed by atoms with Crippen LogP contribution in [0, 0.1) is 6.42 Å². The molecule has 101 valence electrons. The summed E-state index contributed by atoms with van der Waals surface area (Å²) in [6.07, 6.45) is 9.50. The summed E-state index contributed by atoms with van der Waals surface area (Å²) in [5.41, 5.74) is 2.02. The van der Waals surface area contributed by atoms with Crippen LogP contribution in [-0.4, -0.2) is 24.8 Å². The molecule has 4 rings (SSSR count). The van der Waals surface area contributed by atoms with Gasteiger partial charge in [0, 0.05) is 29.9 Å². The molecule has 1 atom stereocenters. The molecule has 1 aliphatic carbocycles. The second-order valence-corrected chi connectivity index (χ2v) is 5.08. The molecule has 6 nitrogen and oxygen atoms in total. The van der Waals surface area contributed by atoms with Crippen LogP contribution in [-0.2, 0) is 0 Å². The van der Waals surface area contributed by atoms with Crippen molar-refractivity contribution in [1.82, 2.24) is 24.8 Å². The summed E-state index contributed by atoms with van der Waals surface area (Å²) in [5, 5.41) is 14.8. The second-order valence-electron chi connectivity index (χ2n) is 5.08. The highest BCUT2D eigenvalue weighted by Crippen LogP contribution is 2.33. The van der Waals surface area contributed by atoms with E-state index in [0.717, 1.165) is 23.7 Å². The molecule has 3 aromatic heterocycles. The Bertz CT molecular complexity index is 722. The molecule has 1 radical (unpaired) electrons. The molecule has 20 heavy (non-hydrogen) atoms. The summed E-state index contributed by atoms with van der Waals surface area (Å²) in [6, 6.07) is 5.83. The molecule has 3 heterocycles. The largest absolute Gasteiger partial charge is 0.323 e. The van der Waals surface area contributed by atoms with E-state index in [1.807, 2.05) is 18.3 Å². The number of rotatable bonds is 3. The normalized spacial score (nSPS) is 16.0. The van der Waals surface area contributed by atoms with Crippen LogP contribution >= 0.6 is 0 Å². The number of hydrogen-bond donors (Lipinski definition) is 2. The number of nitrogens with zero attached hydrogens (tertiary/aromatic N) is 4. The molecular weight excluding hydrogens is 252 g/mol. The van der Waals surface area contributed by atoms with E-state index < -0.39 is 0 Å². The minimum Gasteiger partial charge on any atom is -0.323 e. The molecule has 0 bridgehead atoms. The first-order valence-electron chi connectivity index (χ1n) is 6.83. The lowest BCUT2D eigenvalue weighted by Gasteiger charge is -2.03. The van der Waals surface area contributed by atoms with Gasteiger partial charge in [-0.15, -0.1) is 0 Å². The maximum absolute atomic E-state index is 4.47. The Balaban J connectivity index is 1.55. The summed E-state index contributed by atoms with van der Waals surface area (Å²) >= 11 is 0. The number of fused-ring (bicyclic) bond motifs is 1. The number of nitrogens with one attached hydrogen (secondary N) is 2. The van der Waals surface area contributed by atoms with Crippen molar-refractivity contribution in [1.29, 1.82) is 0 Å². The first-order chi connectivity index (χ1) is 9.88. The zero-order valence-electron chi connectivity index (χ0n) is 11.0. The van der Waals surface area contributed by atoms with Crippen molar-refractivity contribution in [3.63, 3.8) is 0 Å². The van der Waals surface area contributed by atoms with E-state index in [4.69, 9.17) is 0 Å². The quantitative estimate of drug-likeness (QED) is 0.765. The van der Waals surface area contributed by atoms with Crippen LogP contribution in [0.15, 0.2) is 30.6 Å². The van der Waals surface area contributed by atoms with Crippen molar-refractivity contribution >= 4 is 17.3 Å². The maximum atomic E-state index is 4.47. The van der Waals surface area contributed by atoms with Crippen LogP contribution < -0.4 is 5.32 Å². The SMILES string of the molecule is [CH]1CC[C@@H](c2cc(Nc3ccn4nccc4n3)n[nH]2)C1. The highest BCUT2D eigenvalue weighted by molar-refractivity contribution is 5.55. The highest BCUT2D eigenvalue weighted by atomic mass is 15.3. The van der Waals surface area contributed by atoms with Gasteiger partial charge in [-0.2, -0.15) is 10.2 Å². The Morgan fingerprint density at radius 1 is 1.30 bits per heavy atom. The molecule has 0 amide bonds. The van der Waals surface area contributed by atoms with E-state index in [1.54, 1.807) is 10.7 Å². The molecular formula is C14H15N6. The first kappa shape index (κ1) is 11.5. The zero-order chi connectivity index (χ0) is 13.4. The average molecular weight is 267 g/mol. The van der Waals surface area contributed by atoms with E-state index >= 15 is 0 Å². The van der Waals surface area contributed by atoms with Gasteiger partial charge in [-0.25, -0.2) is 9.50 Å². The van der Waals surface area contributed by atoms with Gasteiger partial charge >= 0.3 is 0 Å². The number of hydrogen-bond acceptors (Lipinski definition) is 4. The molecule has 0 aliphatic heterocycles. The van der Waals surface area contributed by atoms with E-state index in [0.29, 0.717) is 5.92 Å². The molecule has 1 saturated carbocycles. The van der Waals surface area contributed by atoms with Gasteiger partial charge in [-0.3, -0.25) is 5.10 Å². The molecule has 0 unspecified atom stereocenters. The molecule has 6 heteroatoms. The van der Waals surface area contributed by atoms with Gasteiger partial charge in [-0.05, 0) is 31.7 Å². The van der Waals surface area contributed by atoms with Crippen LogP contribution in [0.1, 0.15) is 30.9 Å². The topological polar surface area (TPSA) is 70.9 Å². The summed E-state index contributed by atoms with van der Waals surface area (Å²) in [6.45, 7) is 0. The predicted octanol–water partition coefficient (Wildman–Crippen LogP) is 2.67. The Labute approximate surface area is 116 Å². The summed E-state index contributed by atoms with van der Waals surface area (Å²) in [7, 11) is 0. The molecule has 0 spiro atoms. The van der Waals surface area contributed by atoms with Crippen molar-refractivity contribution in [3.05, 3.63) is 42.7 Å². The third kappa shape index (κ3) is 2.03. The van der Waals surface area contributed by atoms with Gasteiger partial charge in [0.15, 0.2) is 11.5 Å². The fourth-order valence-corrected chi connectivity index (χ4v) is 2.66. The van der Waals surface area contributed by atoms with Crippen molar-refractivity contribution < 1.29 is 0 Å². The van der Waals surface area contributed by atoms with Crippen LogP contribution in [0.4, 0.5) is 11.6 Å². The first-order valence-corrected chi connectivity index (χ1v) is 6.83. The summed E-state index contributed by atoms with van der Waals surface area (Å²) < 4.78 is 1.73. The number of aromatic nitrogens is 5. The van der Waals surface area contributed by atoms with Crippen molar-refractivity contribution in [2.75, 3.05) is 5.32 Å². The summed E-state index contributed by atoms with van der Waals surface area (Å²) in [4.78, 5) is 4.47. The Morgan fingerprint density at radius 2 is 2.30 bits per heavy atom. The fourth-order valence-electron chi connectivity index (χ4n) is 2.66. The number of H-pyrrole nitrogens is 1. The van der Waals surface area contributed by atoms with E-state index in [1.165, 1.54) is 18.5 Å². The van der Waals surface area contributed by atoms with E-state index in [2.05, 4.69) is 38.1 Å². The van der Waals surface area contributed by atoms with Crippen molar-refractivity contribution in [2.45, 2.75) is 25.2 Å². The molecule has 1 fully saturated rings. The van der Waals surface area contributed by atoms with E-state index in [9.17, 15) is 0 Å². The smallest absolute Gasteiger partial charge is 0.157 e. The molecule has 0 aromatic carbocycles. The highest BCUT2D eigenvalue weighted by Gasteiger charge is 2.19.